The lowest BCUT2D eigenvalue weighted by Gasteiger charge is -2.07. The number of thiophene rings is 1. The summed E-state index contributed by atoms with van der Waals surface area (Å²) in [5.41, 5.74) is 3.04. The minimum absolute atomic E-state index is 0.272. The average molecular weight is 580 g/mol. The van der Waals surface area contributed by atoms with E-state index in [0.717, 1.165) is 39.1 Å². The van der Waals surface area contributed by atoms with Crippen LogP contribution in [-0.2, 0) is 48.3 Å². The van der Waals surface area contributed by atoms with E-state index < -0.39 is 39.1 Å². The van der Waals surface area contributed by atoms with E-state index >= 15 is 0 Å². The molecule has 0 saturated carbocycles. The molecule has 1 aliphatic carbocycles. The highest BCUT2D eigenvalue weighted by molar-refractivity contribution is 7.92. The number of nitrogens with zero attached hydrogens (tertiary/aromatic N) is 2. The molecule has 1 aliphatic rings. The van der Waals surface area contributed by atoms with Gasteiger partial charge >= 0.3 is 5.97 Å². The van der Waals surface area contributed by atoms with Crippen molar-refractivity contribution >= 4 is 65.5 Å². The Morgan fingerprint density at radius 2 is 1.95 bits per heavy atom. The Kier molecular flexibility index (Phi) is 8.81. The van der Waals surface area contributed by atoms with Crippen LogP contribution in [0.2, 0.25) is 0 Å². The molecular formula is C25H29N3O7S3. The quantitative estimate of drug-likeness (QED) is 0.288. The number of benzene rings is 1. The van der Waals surface area contributed by atoms with E-state index in [9.17, 15) is 22.8 Å². The Morgan fingerprint density at radius 1 is 1.16 bits per heavy atom. The molecule has 0 saturated heterocycles. The molecule has 38 heavy (non-hydrogen) atoms. The molecule has 0 spiro atoms. The van der Waals surface area contributed by atoms with Gasteiger partial charge in [0.05, 0.1) is 29.5 Å². The number of rotatable bonds is 10. The summed E-state index contributed by atoms with van der Waals surface area (Å²) in [6.07, 6.45) is 2.39. The van der Waals surface area contributed by atoms with Crippen LogP contribution in [0.15, 0.2) is 23.2 Å². The molecule has 3 aromatic rings. The number of ether oxygens (including phenoxy) is 2. The van der Waals surface area contributed by atoms with Gasteiger partial charge in [0.1, 0.15) is 16.5 Å². The van der Waals surface area contributed by atoms with Gasteiger partial charge in [0.15, 0.2) is 14.6 Å². The van der Waals surface area contributed by atoms with E-state index in [-0.39, 0.29) is 10.6 Å². The van der Waals surface area contributed by atoms with Crippen molar-refractivity contribution in [2.24, 2.45) is 4.99 Å². The van der Waals surface area contributed by atoms with Crippen LogP contribution in [0.4, 0.5) is 5.00 Å². The van der Waals surface area contributed by atoms with E-state index in [2.05, 4.69) is 10.3 Å². The summed E-state index contributed by atoms with van der Waals surface area (Å²) < 4.78 is 38.5. The van der Waals surface area contributed by atoms with Crippen molar-refractivity contribution in [2.45, 2.75) is 39.7 Å². The van der Waals surface area contributed by atoms with Gasteiger partial charge in [-0.05, 0) is 56.4 Å². The third-order valence-corrected chi connectivity index (χ3v) is 9.62. The summed E-state index contributed by atoms with van der Waals surface area (Å²) in [5.74, 6) is -4.09. The second-order valence-electron chi connectivity index (χ2n) is 8.84. The Hall–Kier alpha value is -2.87. The number of methoxy groups -OCH3 is 1. The van der Waals surface area contributed by atoms with Crippen molar-refractivity contribution in [2.75, 3.05) is 37.1 Å². The number of carbonyl (C=O) groups excluding carboxylic acids is 3. The Balaban J connectivity index is 1.50. The fourth-order valence-electron chi connectivity index (χ4n) is 4.33. The van der Waals surface area contributed by atoms with E-state index in [0.29, 0.717) is 31.0 Å². The van der Waals surface area contributed by atoms with Crippen LogP contribution in [0, 0.1) is 6.92 Å². The van der Waals surface area contributed by atoms with Crippen LogP contribution >= 0.6 is 22.7 Å². The number of esters is 1. The SMILES string of the molecule is CCOCCn1c(=NC(=O)CS(=O)(=O)CC(=O)Nc2sc3c(c2C(=O)OC)CCC3)sc2cc(C)ccc21. The van der Waals surface area contributed by atoms with Gasteiger partial charge in [-0.15, -0.1) is 11.3 Å². The van der Waals surface area contributed by atoms with Gasteiger partial charge in [0.2, 0.25) is 5.91 Å². The minimum atomic E-state index is -4.12. The largest absolute Gasteiger partial charge is 0.465 e. The molecule has 0 aliphatic heterocycles. The molecule has 10 nitrogen and oxygen atoms in total. The predicted molar refractivity (Wildman–Crippen MR) is 147 cm³/mol. The number of aromatic nitrogens is 1. The van der Waals surface area contributed by atoms with Gasteiger partial charge < -0.3 is 19.4 Å². The molecule has 0 atom stereocenters. The number of hydrogen-bond acceptors (Lipinski definition) is 9. The molecule has 0 fully saturated rings. The molecule has 0 radical (unpaired) electrons. The first-order chi connectivity index (χ1) is 18.1. The molecule has 2 aromatic heterocycles. The number of anilines is 1. The predicted octanol–water partition coefficient (Wildman–Crippen LogP) is 2.87. The van der Waals surface area contributed by atoms with Crippen molar-refractivity contribution in [1.29, 1.82) is 0 Å². The van der Waals surface area contributed by atoms with Crippen molar-refractivity contribution in [3.05, 3.63) is 44.6 Å². The number of carbonyl (C=O) groups is 3. The molecule has 13 heteroatoms. The summed E-state index contributed by atoms with van der Waals surface area (Å²) in [4.78, 5) is 43.0. The zero-order valence-electron chi connectivity index (χ0n) is 21.4. The molecule has 2 heterocycles. The van der Waals surface area contributed by atoms with Crippen LogP contribution in [0.1, 0.15) is 39.7 Å². The molecule has 1 N–H and O–H groups in total. The lowest BCUT2D eigenvalue weighted by molar-refractivity contribution is -0.115. The lowest BCUT2D eigenvalue weighted by atomic mass is 10.1. The zero-order chi connectivity index (χ0) is 27.4. The number of thiazole rings is 1. The minimum Gasteiger partial charge on any atom is -0.465 e. The molecule has 1 aromatic carbocycles. The summed E-state index contributed by atoms with van der Waals surface area (Å²) in [6.45, 7) is 5.25. The molecule has 204 valence electrons. The molecule has 2 amide bonds. The smallest absolute Gasteiger partial charge is 0.341 e. The van der Waals surface area contributed by atoms with Gasteiger partial charge in [0, 0.05) is 18.0 Å². The normalized spacial score (nSPS) is 13.6. The van der Waals surface area contributed by atoms with Crippen LogP contribution in [0.5, 0.6) is 0 Å². The molecular weight excluding hydrogens is 550 g/mol. The number of nitrogens with one attached hydrogen (secondary N) is 1. The van der Waals surface area contributed by atoms with E-state index in [4.69, 9.17) is 9.47 Å². The third-order valence-electron chi connectivity index (χ3n) is 5.98. The highest BCUT2D eigenvalue weighted by Crippen LogP contribution is 2.39. The highest BCUT2D eigenvalue weighted by atomic mass is 32.2. The van der Waals surface area contributed by atoms with Crippen molar-refractivity contribution in [3.8, 4) is 0 Å². The Morgan fingerprint density at radius 3 is 2.68 bits per heavy atom. The second-order valence-corrected chi connectivity index (χ2v) is 13.0. The van der Waals surface area contributed by atoms with Crippen LogP contribution < -0.4 is 10.1 Å². The fraction of sp³-hybridized carbons (Fsp3) is 0.440. The number of hydrogen-bond donors (Lipinski definition) is 1. The fourth-order valence-corrected chi connectivity index (χ4v) is 7.81. The first kappa shape index (κ1) is 28.1. The lowest BCUT2D eigenvalue weighted by Crippen LogP contribution is -2.28. The van der Waals surface area contributed by atoms with Gasteiger partial charge in [0.25, 0.3) is 5.91 Å². The summed E-state index contributed by atoms with van der Waals surface area (Å²) in [5, 5.41) is 2.81. The maximum absolute atomic E-state index is 12.7. The van der Waals surface area contributed by atoms with Crippen molar-refractivity contribution < 1.29 is 32.3 Å². The van der Waals surface area contributed by atoms with Gasteiger partial charge in [-0.1, -0.05) is 17.4 Å². The summed E-state index contributed by atoms with van der Waals surface area (Å²) >= 11 is 2.54. The maximum atomic E-state index is 12.7. The number of sulfone groups is 1. The highest BCUT2D eigenvalue weighted by Gasteiger charge is 2.29. The first-order valence-electron chi connectivity index (χ1n) is 12.1. The Bertz CT molecular complexity index is 1560. The van der Waals surface area contributed by atoms with E-state index in [1.54, 1.807) is 0 Å². The molecule has 0 unspecified atom stereocenters. The monoisotopic (exact) mass is 579 g/mol. The third kappa shape index (κ3) is 6.40. The van der Waals surface area contributed by atoms with Crippen molar-refractivity contribution in [3.63, 3.8) is 0 Å². The van der Waals surface area contributed by atoms with Crippen LogP contribution in [0.3, 0.4) is 0 Å². The zero-order valence-corrected chi connectivity index (χ0v) is 23.8. The van der Waals surface area contributed by atoms with Crippen LogP contribution in [0.25, 0.3) is 10.2 Å². The standard InChI is InChI=1S/C25H29N3O7S3/c1-4-35-11-10-28-17-9-8-15(2)12-19(17)37-25(28)27-21(30)14-38(32,33)13-20(29)26-23-22(24(31)34-3)16-6-5-7-18(16)36-23/h8-9,12H,4-7,10-11,13-14H2,1-3H3,(H,26,29). The molecule has 4 rings (SSSR count). The second kappa shape index (κ2) is 11.9. The molecule has 0 bridgehead atoms. The first-order valence-corrected chi connectivity index (χ1v) is 15.6. The topological polar surface area (TPSA) is 133 Å². The number of fused-ring (bicyclic) bond motifs is 2. The number of amides is 2. The maximum Gasteiger partial charge on any atom is 0.341 e. The van der Waals surface area contributed by atoms with E-state index in [1.165, 1.54) is 29.8 Å². The van der Waals surface area contributed by atoms with Gasteiger partial charge in [-0.25, -0.2) is 13.2 Å². The average Bonchev–Trinajstić information content (AvgIpc) is 3.50. The Labute approximate surface area is 228 Å². The van der Waals surface area contributed by atoms with Crippen LogP contribution in [-0.4, -0.2) is 62.6 Å². The van der Waals surface area contributed by atoms with Gasteiger partial charge in [-0.2, -0.15) is 4.99 Å². The van der Waals surface area contributed by atoms with Gasteiger partial charge in [-0.3, -0.25) is 9.59 Å². The number of aryl methyl sites for hydroxylation is 2. The van der Waals surface area contributed by atoms with Crippen molar-refractivity contribution in [1.82, 2.24) is 4.57 Å². The summed E-state index contributed by atoms with van der Waals surface area (Å²) in [6, 6.07) is 5.86. The van der Waals surface area contributed by atoms with E-state index in [1.807, 2.05) is 36.6 Å². The summed E-state index contributed by atoms with van der Waals surface area (Å²) in [7, 11) is -2.87.